The molecular formula is C10H16IN7O3. The number of aryl methyl sites for hydroxylation is 1. The molecule has 0 atom stereocenters. The van der Waals surface area contributed by atoms with Crippen molar-refractivity contribution >= 4 is 35.5 Å². The second kappa shape index (κ2) is 7.42. The molecule has 0 aromatic carbocycles. The first-order valence-corrected chi connectivity index (χ1v) is 5.74. The van der Waals surface area contributed by atoms with Crippen LogP contribution in [0, 0.1) is 5.41 Å². The Morgan fingerprint density at radius 1 is 1.48 bits per heavy atom. The number of nitrogens with one attached hydrogen (secondary N) is 2. The third-order valence-corrected chi connectivity index (χ3v) is 2.71. The highest BCUT2D eigenvalue weighted by molar-refractivity contribution is 14.0. The van der Waals surface area contributed by atoms with Crippen LogP contribution < -0.4 is 11.0 Å². The van der Waals surface area contributed by atoms with E-state index in [2.05, 4.69) is 20.6 Å². The van der Waals surface area contributed by atoms with Crippen LogP contribution in [0.15, 0.2) is 11.1 Å². The first-order valence-electron chi connectivity index (χ1n) is 5.74. The van der Waals surface area contributed by atoms with E-state index in [0.29, 0.717) is 0 Å². The average molecular weight is 409 g/mol. The van der Waals surface area contributed by atoms with Crippen molar-refractivity contribution in [3.8, 4) is 0 Å². The number of hydrogen-bond donors (Lipinski definition) is 2. The molecule has 0 saturated carbocycles. The van der Waals surface area contributed by atoms with Gasteiger partial charge in [0.1, 0.15) is 12.2 Å². The lowest BCUT2D eigenvalue weighted by atomic mass is 10.4. The maximum Gasteiger partial charge on any atom is 0.352 e. The molecule has 2 heterocycles. The number of rotatable bonds is 5. The number of amidine groups is 1. The predicted octanol–water partition coefficient (Wildman–Crippen LogP) is -1.03. The normalized spacial score (nSPS) is 10.7. The van der Waals surface area contributed by atoms with Crippen molar-refractivity contribution in [1.29, 1.82) is 5.41 Å². The van der Waals surface area contributed by atoms with Crippen LogP contribution in [0.1, 0.15) is 5.69 Å². The van der Waals surface area contributed by atoms with E-state index in [9.17, 15) is 4.79 Å². The molecule has 0 fully saturated rings. The van der Waals surface area contributed by atoms with Crippen molar-refractivity contribution in [3.63, 3.8) is 0 Å². The van der Waals surface area contributed by atoms with Gasteiger partial charge in [0, 0.05) is 21.3 Å². The maximum atomic E-state index is 11.8. The lowest BCUT2D eigenvalue weighted by Gasteiger charge is -2.14. The number of imidazole rings is 1. The molecule has 2 rings (SSSR count). The van der Waals surface area contributed by atoms with E-state index in [1.807, 2.05) is 0 Å². The third kappa shape index (κ3) is 3.54. The van der Waals surface area contributed by atoms with Gasteiger partial charge in [0.25, 0.3) is 0 Å². The summed E-state index contributed by atoms with van der Waals surface area (Å²) in [6.07, 6.45) is 0.824. The predicted molar refractivity (Wildman–Crippen MR) is 84.1 cm³/mol. The minimum absolute atomic E-state index is 0. The van der Waals surface area contributed by atoms with Gasteiger partial charge in [-0.05, 0) is 0 Å². The van der Waals surface area contributed by atoms with E-state index in [4.69, 9.17) is 14.9 Å². The summed E-state index contributed by atoms with van der Waals surface area (Å²) in [5.41, 5.74) is 0.0753. The minimum atomic E-state index is -0.483. The van der Waals surface area contributed by atoms with Gasteiger partial charge in [-0.25, -0.2) is 14.2 Å². The van der Waals surface area contributed by atoms with Crippen LogP contribution in [-0.2, 0) is 16.5 Å². The largest absolute Gasteiger partial charge is 0.364 e. The Morgan fingerprint density at radius 2 is 2.14 bits per heavy atom. The quantitative estimate of drug-likeness (QED) is 0.281. The molecule has 2 N–H and O–H groups in total. The molecule has 0 bridgehead atoms. The van der Waals surface area contributed by atoms with Gasteiger partial charge in [-0.2, -0.15) is 4.68 Å². The Balaban J connectivity index is 0.00000220. The second-order valence-corrected chi connectivity index (χ2v) is 3.94. The monoisotopic (exact) mass is 409 g/mol. The second-order valence-electron chi connectivity index (χ2n) is 3.94. The Kier molecular flexibility index (Phi) is 6.17. The number of hydrogen-bond acceptors (Lipinski definition) is 7. The number of nitrogens with zero attached hydrogens (tertiary/aromatic N) is 5. The van der Waals surface area contributed by atoms with Crippen LogP contribution in [0.3, 0.4) is 0 Å². The van der Waals surface area contributed by atoms with Gasteiger partial charge in [-0.1, -0.05) is 5.21 Å². The molecule has 0 unspecified atom stereocenters. The average Bonchev–Trinajstić information content (AvgIpc) is 2.88. The first kappa shape index (κ1) is 17.5. The molecule has 116 valence electrons. The number of fused-ring (bicyclic) bond motifs is 1. The zero-order chi connectivity index (χ0) is 14.7. The fourth-order valence-corrected chi connectivity index (χ4v) is 1.59. The zero-order valence-electron chi connectivity index (χ0n) is 11.7. The summed E-state index contributed by atoms with van der Waals surface area (Å²) in [6, 6.07) is 0. The summed E-state index contributed by atoms with van der Waals surface area (Å²) in [5, 5.41) is 18.2. The van der Waals surface area contributed by atoms with Gasteiger partial charge < -0.3 is 14.8 Å². The van der Waals surface area contributed by atoms with Crippen molar-refractivity contribution in [3.05, 3.63) is 22.5 Å². The molecule has 11 heteroatoms. The molecule has 2 aromatic rings. The Morgan fingerprint density at radius 3 is 2.76 bits per heavy atom. The van der Waals surface area contributed by atoms with Gasteiger partial charge >= 0.3 is 5.69 Å². The maximum absolute atomic E-state index is 11.8. The first-order chi connectivity index (χ1) is 9.58. The van der Waals surface area contributed by atoms with E-state index in [-0.39, 0.29) is 53.4 Å². The zero-order valence-corrected chi connectivity index (χ0v) is 14.1. The summed E-state index contributed by atoms with van der Waals surface area (Å²) in [7, 11) is 4.49. The van der Waals surface area contributed by atoms with Crippen LogP contribution in [-0.4, -0.2) is 57.3 Å². The number of halogens is 1. The minimum Gasteiger partial charge on any atom is -0.364 e. The van der Waals surface area contributed by atoms with E-state index in [1.54, 1.807) is 0 Å². The lowest BCUT2D eigenvalue weighted by Crippen LogP contribution is -2.34. The topological polar surface area (TPSA) is 119 Å². The van der Waals surface area contributed by atoms with Gasteiger partial charge in [0.15, 0.2) is 17.6 Å². The standard InChI is InChI=1S/C10H15N7O3.HI/c1-16-10(18)17-5-13-7(9(17)14-15-16)8(11)12-4-6(19-2)20-3;/h5-6H,4H2,1-3H3,(H2,11,12);1H. The summed E-state index contributed by atoms with van der Waals surface area (Å²) in [4.78, 5) is 15.8. The smallest absolute Gasteiger partial charge is 0.352 e. The molecule has 0 saturated heterocycles. The van der Waals surface area contributed by atoms with Crippen molar-refractivity contribution in [2.24, 2.45) is 7.05 Å². The van der Waals surface area contributed by atoms with E-state index in [0.717, 1.165) is 4.68 Å². The van der Waals surface area contributed by atoms with Crippen LogP contribution in [0.2, 0.25) is 0 Å². The summed E-state index contributed by atoms with van der Waals surface area (Å²) >= 11 is 0. The van der Waals surface area contributed by atoms with Crippen LogP contribution in [0.4, 0.5) is 0 Å². The molecule has 21 heavy (non-hydrogen) atoms. The van der Waals surface area contributed by atoms with Crippen LogP contribution in [0.5, 0.6) is 0 Å². The van der Waals surface area contributed by atoms with E-state index in [1.165, 1.54) is 32.0 Å². The van der Waals surface area contributed by atoms with Gasteiger partial charge in [0.2, 0.25) is 0 Å². The highest BCUT2D eigenvalue weighted by atomic mass is 127. The molecule has 0 spiro atoms. The van der Waals surface area contributed by atoms with E-state index >= 15 is 0 Å². The van der Waals surface area contributed by atoms with E-state index < -0.39 is 6.29 Å². The van der Waals surface area contributed by atoms with Crippen molar-refractivity contribution in [1.82, 2.24) is 29.7 Å². The number of ether oxygens (including phenoxy) is 2. The van der Waals surface area contributed by atoms with Crippen LogP contribution >= 0.6 is 24.0 Å². The molecular weight excluding hydrogens is 393 g/mol. The van der Waals surface area contributed by atoms with Gasteiger partial charge in [-0.15, -0.1) is 29.1 Å². The fraction of sp³-hybridized carbons (Fsp3) is 0.500. The molecule has 0 aliphatic rings. The molecule has 0 aliphatic heterocycles. The summed E-state index contributed by atoms with van der Waals surface area (Å²) in [5.74, 6) is 0.00848. The lowest BCUT2D eigenvalue weighted by molar-refractivity contribution is -0.0965. The van der Waals surface area contributed by atoms with Gasteiger partial charge in [-0.3, -0.25) is 5.41 Å². The molecule has 2 aromatic heterocycles. The number of methoxy groups -OCH3 is 2. The third-order valence-electron chi connectivity index (χ3n) is 2.71. The molecule has 0 amide bonds. The van der Waals surface area contributed by atoms with Crippen molar-refractivity contribution in [2.75, 3.05) is 20.8 Å². The Hall–Kier alpha value is -1.60. The Labute approximate surface area is 137 Å². The highest BCUT2D eigenvalue weighted by Crippen LogP contribution is 2.02. The highest BCUT2D eigenvalue weighted by Gasteiger charge is 2.15. The van der Waals surface area contributed by atoms with Crippen molar-refractivity contribution in [2.45, 2.75) is 6.29 Å². The van der Waals surface area contributed by atoms with Gasteiger partial charge in [0.05, 0.1) is 6.54 Å². The fourth-order valence-electron chi connectivity index (χ4n) is 1.59. The number of aromatic nitrogens is 5. The summed E-state index contributed by atoms with van der Waals surface area (Å²) < 4.78 is 12.3. The molecule has 0 aliphatic carbocycles. The molecule has 0 radical (unpaired) electrons. The van der Waals surface area contributed by atoms with Crippen LogP contribution in [0.25, 0.3) is 5.65 Å². The molecule has 10 nitrogen and oxygen atoms in total. The SMILES string of the molecule is COC(CNC(=N)c1ncn2c(=O)n(C)nnc12)OC.I. The summed E-state index contributed by atoms with van der Waals surface area (Å²) in [6.45, 7) is 0.267. The van der Waals surface area contributed by atoms with Crippen molar-refractivity contribution < 1.29 is 9.47 Å². The Bertz CT molecular complexity index is 679.